The van der Waals surface area contributed by atoms with E-state index in [1.165, 1.54) is 54.8 Å². The Morgan fingerprint density at radius 2 is 2.30 bits per heavy atom. The van der Waals surface area contributed by atoms with Crippen LogP contribution in [0.1, 0.15) is 67.7 Å². The molecule has 1 aromatic heterocycles. The molecule has 0 radical (unpaired) electrons. The van der Waals surface area contributed by atoms with E-state index in [4.69, 9.17) is 4.74 Å². The van der Waals surface area contributed by atoms with Crippen molar-refractivity contribution in [3.63, 3.8) is 0 Å². The first kappa shape index (κ1) is 14.5. The minimum Gasteiger partial charge on any atom is -0.378 e. The highest BCUT2D eigenvalue weighted by molar-refractivity contribution is 7.11. The molecule has 20 heavy (non-hydrogen) atoms. The molecule has 0 bridgehead atoms. The van der Waals surface area contributed by atoms with Gasteiger partial charge in [-0.15, -0.1) is 11.3 Å². The predicted octanol–water partition coefficient (Wildman–Crippen LogP) is 3.85. The van der Waals surface area contributed by atoms with Gasteiger partial charge < -0.3 is 10.1 Å². The lowest BCUT2D eigenvalue weighted by Crippen LogP contribution is -2.26. The largest absolute Gasteiger partial charge is 0.378 e. The van der Waals surface area contributed by atoms with E-state index in [0.717, 1.165) is 19.1 Å². The Morgan fingerprint density at radius 3 is 3.00 bits per heavy atom. The number of nitrogens with one attached hydrogen (secondary N) is 1. The van der Waals surface area contributed by atoms with Crippen LogP contribution in [0.3, 0.4) is 0 Å². The van der Waals surface area contributed by atoms with E-state index in [2.05, 4.69) is 23.4 Å². The monoisotopic (exact) mass is 294 g/mol. The summed E-state index contributed by atoms with van der Waals surface area (Å²) in [7, 11) is 0. The Balaban J connectivity index is 1.36. The lowest BCUT2D eigenvalue weighted by atomic mass is 9.86. The highest BCUT2D eigenvalue weighted by atomic mass is 32.1. The summed E-state index contributed by atoms with van der Waals surface area (Å²) in [6, 6.07) is 0.563. The number of nitrogens with zero attached hydrogens (tertiary/aromatic N) is 1. The Hall–Kier alpha value is -0.450. The Labute approximate surface area is 126 Å². The van der Waals surface area contributed by atoms with Crippen LogP contribution in [0.2, 0.25) is 0 Å². The van der Waals surface area contributed by atoms with Gasteiger partial charge in [0.2, 0.25) is 0 Å². The first-order chi connectivity index (χ1) is 9.81. The second-order valence-corrected chi connectivity index (χ2v) is 7.43. The van der Waals surface area contributed by atoms with Crippen LogP contribution in [0.4, 0.5) is 0 Å². The highest BCUT2D eigenvalue weighted by Gasteiger charge is 2.22. The minimum atomic E-state index is 0.521. The fraction of sp³-hybridized carbons (Fsp3) is 0.812. The van der Waals surface area contributed by atoms with Gasteiger partial charge in [-0.1, -0.05) is 6.42 Å². The van der Waals surface area contributed by atoms with E-state index in [1.54, 1.807) is 0 Å². The van der Waals surface area contributed by atoms with Crippen molar-refractivity contribution in [2.75, 3.05) is 6.61 Å². The Bertz CT molecular complexity index is 410. The van der Waals surface area contributed by atoms with Crippen LogP contribution in [0.15, 0.2) is 6.20 Å². The average Bonchev–Trinajstić information content (AvgIpc) is 3.03. The van der Waals surface area contributed by atoms with Gasteiger partial charge in [0.05, 0.1) is 11.1 Å². The molecule has 0 unspecified atom stereocenters. The maximum Gasteiger partial charge on any atom is 0.0959 e. The minimum absolute atomic E-state index is 0.521. The Morgan fingerprint density at radius 1 is 1.40 bits per heavy atom. The van der Waals surface area contributed by atoms with Gasteiger partial charge in [-0.2, -0.15) is 0 Å². The molecule has 1 N–H and O–H groups in total. The second-order valence-electron chi connectivity index (χ2n) is 6.29. The van der Waals surface area contributed by atoms with Gasteiger partial charge in [-0.05, 0) is 45.4 Å². The van der Waals surface area contributed by atoms with E-state index in [9.17, 15) is 0 Å². The zero-order chi connectivity index (χ0) is 13.8. The van der Waals surface area contributed by atoms with Gasteiger partial charge in [0, 0.05) is 36.2 Å². The third-order valence-corrected chi connectivity index (χ3v) is 5.76. The van der Waals surface area contributed by atoms with E-state index < -0.39 is 0 Å². The molecule has 2 atom stereocenters. The fourth-order valence-electron chi connectivity index (χ4n) is 2.93. The lowest BCUT2D eigenvalue weighted by Gasteiger charge is -2.22. The average molecular weight is 294 g/mol. The molecule has 112 valence electrons. The first-order valence-electron chi connectivity index (χ1n) is 8.11. The molecule has 1 saturated heterocycles. The van der Waals surface area contributed by atoms with Crippen molar-refractivity contribution in [3.05, 3.63) is 16.1 Å². The smallest absolute Gasteiger partial charge is 0.0959 e. The quantitative estimate of drug-likeness (QED) is 0.829. The van der Waals surface area contributed by atoms with Crippen LogP contribution in [0, 0.1) is 0 Å². The van der Waals surface area contributed by atoms with Gasteiger partial charge in [0.25, 0.3) is 0 Å². The Kier molecular flexibility index (Phi) is 5.08. The van der Waals surface area contributed by atoms with Crippen molar-refractivity contribution >= 4 is 11.3 Å². The predicted molar refractivity (Wildman–Crippen MR) is 83.2 cm³/mol. The molecule has 2 heterocycles. The third kappa shape index (κ3) is 3.80. The van der Waals surface area contributed by atoms with Gasteiger partial charge >= 0.3 is 0 Å². The van der Waals surface area contributed by atoms with E-state index in [0.29, 0.717) is 12.1 Å². The zero-order valence-electron chi connectivity index (χ0n) is 12.4. The number of hydrogen-bond acceptors (Lipinski definition) is 4. The highest BCUT2D eigenvalue weighted by Crippen LogP contribution is 2.38. The van der Waals surface area contributed by atoms with Gasteiger partial charge in [0.1, 0.15) is 0 Å². The molecule has 0 amide bonds. The molecule has 3 nitrogen and oxygen atoms in total. The molecule has 3 rings (SSSR count). The number of ether oxygens (including phenoxy) is 1. The van der Waals surface area contributed by atoms with Gasteiger partial charge in [-0.25, -0.2) is 4.98 Å². The second kappa shape index (κ2) is 7.01. The van der Waals surface area contributed by atoms with Crippen molar-refractivity contribution in [3.8, 4) is 0 Å². The van der Waals surface area contributed by atoms with Crippen LogP contribution >= 0.6 is 11.3 Å². The summed E-state index contributed by atoms with van der Waals surface area (Å²) < 4.78 is 5.68. The van der Waals surface area contributed by atoms with Gasteiger partial charge in [0.15, 0.2) is 0 Å². The van der Waals surface area contributed by atoms with E-state index >= 15 is 0 Å². The van der Waals surface area contributed by atoms with Crippen LogP contribution in [-0.4, -0.2) is 23.7 Å². The van der Waals surface area contributed by atoms with Crippen LogP contribution in [0.25, 0.3) is 0 Å². The summed E-state index contributed by atoms with van der Waals surface area (Å²) in [5.74, 6) is 0.769. The van der Waals surface area contributed by atoms with Crippen LogP contribution < -0.4 is 5.32 Å². The van der Waals surface area contributed by atoms with Crippen molar-refractivity contribution in [2.24, 2.45) is 0 Å². The SMILES string of the molecule is C[C@H](CC[C@@H]1CCCO1)NCc1cnc(C2CCC2)s1. The molecule has 1 saturated carbocycles. The van der Waals surface area contributed by atoms with Crippen LogP contribution in [-0.2, 0) is 11.3 Å². The first-order valence-corrected chi connectivity index (χ1v) is 8.92. The topological polar surface area (TPSA) is 34.1 Å². The fourth-order valence-corrected chi connectivity index (χ4v) is 3.97. The maximum atomic E-state index is 5.68. The van der Waals surface area contributed by atoms with Crippen molar-refractivity contribution in [1.82, 2.24) is 10.3 Å². The number of thiazole rings is 1. The molecule has 2 aliphatic rings. The summed E-state index contributed by atoms with van der Waals surface area (Å²) in [6.07, 6.45) is 11.6. The molecule has 1 aliphatic heterocycles. The lowest BCUT2D eigenvalue weighted by molar-refractivity contribution is 0.100. The summed E-state index contributed by atoms with van der Waals surface area (Å²) in [6.45, 7) is 4.22. The molecule has 1 aromatic rings. The molecule has 0 aromatic carbocycles. The normalized spacial score (nSPS) is 24.8. The van der Waals surface area contributed by atoms with E-state index in [1.807, 2.05) is 11.3 Å². The van der Waals surface area contributed by atoms with Crippen molar-refractivity contribution < 1.29 is 4.74 Å². The van der Waals surface area contributed by atoms with Crippen LogP contribution in [0.5, 0.6) is 0 Å². The molecule has 4 heteroatoms. The maximum absolute atomic E-state index is 5.68. The number of rotatable bonds is 7. The molecule has 0 spiro atoms. The third-order valence-electron chi connectivity index (χ3n) is 4.60. The molecule has 1 aliphatic carbocycles. The summed E-state index contributed by atoms with van der Waals surface area (Å²) in [4.78, 5) is 5.97. The van der Waals surface area contributed by atoms with Gasteiger partial charge in [-0.3, -0.25) is 0 Å². The molecular weight excluding hydrogens is 268 g/mol. The number of aromatic nitrogens is 1. The summed E-state index contributed by atoms with van der Waals surface area (Å²) in [5, 5.41) is 4.99. The summed E-state index contributed by atoms with van der Waals surface area (Å²) >= 11 is 1.90. The van der Waals surface area contributed by atoms with Crippen molar-refractivity contribution in [1.29, 1.82) is 0 Å². The van der Waals surface area contributed by atoms with E-state index in [-0.39, 0.29) is 0 Å². The standard InChI is InChI=1S/C16H26N2OS/c1-12(7-8-14-6-3-9-19-14)17-10-15-11-18-16(20-15)13-4-2-5-13/h11-14,17H,2-10H2,1H3/t12-,14+/m1/s1. The zero-order valence-corrected chi connectivity index (χ0v) is 13.3. The summed E-state index contributed by atoms with van der Waals surface area (Å²) in [5.41, 5.74) is 0. The number of hydrogen-bond donors (Lipinski definition) is 1. The van der Waals surface area contributed by atoms with Crippen molar-refractivity contribution in [2.45, 2.75) is 76.5 Å². The molecular formula is C16H26N2OS. The molecule has 2 fully saturated rings.